The molecule has 2 aromatic heterocycles. The number of carbonyl (C=O) groups is 3. The van der Waals surface area contributed by atoms with Gasteiger partial charge in [-0.25, -0.2) is 14.6 Å². The second-order valence-electron chi connectivity index (χ2n) is 7.22. The van der Waals surface area contributed by atoms with Gasteiger partial charge < -0.3 is 10.2 Å². The van der Waals surface area contributed by atoms with Crippen LogP contribution in [0.15, 0.2) is 45.5 Å². The monoisotopic (exact) mass is 444 g/mol. The number of β-lactam (4-membered cyclic amide) rings is 1. The van der Waals surface area contributed by atoms with Gasteiger partial charge in [0.2, 0.25) is 0 Å². The molecule has 11 heteroatoms. The zero-order valence-electron chi connectivity index (χ0n) is 15.5. The summed E-state index contributed by atoms with van der Waals surface area (Å²) in [5.41, 5.74) is 2.42. The number of amides is 2. The predicted molar refractivity (Wildman–Crippen MR) is 108 cm³/mol. The number of thiazole rings is 1. The highest BCUT2D eigenvalue weighted by atomic mass is 32.2. The van der Waals surface area contributed by atoms with E-state index >= 15 is 0 Å². The minimum Gasteiger partial charge on any atom is -0.477 e. The molecule has 5 heterocycles. The number of carbonyl (C=O) groups excluding carboxylic acids is 1. The molecule has 5 rings (SSSR count). The third-order valence-electron chi connectivity index (χ3n) is 5.77. The van der Waals surface area contributed by atoms with E-state index in [9.17, 15) is 24.6 Å². The smallest absolute Gasteiger partial charge is 0.408 e. The quantitative estimate of drug-likeness (QED) is 0.531. The van der Waals surface area contributed by atoms with Crippen LogP contribution in [0.4, 0.5) is 4.79 Å². The van der Waals surface area contributed by atoms with Gasteiger partial charge >= 0.3 is 12.1 Å². The number of carboxylic acids is 1. The van der Waals surface area contributed by atoms with Crippen molar-refractivity contribution in [1.82, 2.24) is 19.8 Å². The lowest BCUT2D eigenvalue weighted by Gasteiger charge is -2.52. The Bertz CT molecular complexity index is 1090. The summed E-state index contributed by atoms with van der Waals surface area (Å²) in [5, 5.41) is 21.1. The number of rotatable bonds is 5. The maximum Gasteiger partial charge on any atom is 0.408 e. The van der Waals surface area contributed by atoms with Gasteiger partial charge in [-0.1, -0.05) is 11.8 Å². The van der Waals surface area contributed by atoms with E-state index in [1.54, 1.807) is 12.4 Å². The van der Waals surface area contributed by atoms with Crippen molar-refractivity contribution in [3.8, 4) is 11.3 Å². The summed E-state index contributed by atoms with van der Waals surface area (Å²) in [6.07, 6.45) is 2.79. The van der Waals surface area contributed by atoms with Crippen LogP contribution in [0, 0.1) is 5.92 Å². The van der Waals surface area contributed by atoms with Crippen LogP contribution in [0.25, 0.3) is 11.3 Å². The molecule has 30 heavy (non-hydrogen) atoms. The average Bonchev–Trinajstić information content (AvgIpc) is 3.33. The zero-order valence-corrected chi connectivity index (χ0v) is 17.1. The van der Waals surface area contributed by atoms with Crippen LogP contribution in [0.1, 0.15) is 6.42 Å². The molecule has 0 spiro atoms. The molecule has 1 unspecified atom stereocenters. The van der Waals surface area contributed by atoms with Crippen LogP contribution in [0.5, 0.6) is 0 Å². The molecule has 154 valence electrons. The van der Waals surface area contributed by atoms with Gasteiger partial charge in [0.15, 0.2) is 4.34 Å². The Balaban J connectivity index is 1.38. The summed E-state index contributed by atoms with van der Waals surface area (Å²) < 4.78 is 0.797. The van der Waals surface area contributed by atoms with Crippen molar-refractivity contribution in [1.29, 1.82) is 0 Å². The van der Waals surface area contributed by atoms with Gasteiger partial charge in [-0.15, -0.1) is 11.3 Å². The molecular weight excluding hydrogens is 428 g/mol. The van der Waals surface area contributed by atoms with Gasteiger partial charge in [0.25, 0.3) is 5.91 Å². The fourth-order valence-corrected chi connectivity index (χ4v) is 6.45. The van der Waals surface area contributed by atoms with Crippen LogP contribution in [0.3, 0.4) is 0 Å². The number of likely N-dealkylation sites (tertiary alicyclic amines) is 1. The van der Waals surface area contributed by atoms with Gasteiger partial charge in [0.1, 0.15) is 11.7 Å². The Morgan fingerprint density at radius 3 is 2.87 bits per heavy atom. The van der Waals surface area contributed by atoms with E-state index in [0.29, 0.717) is 17.7 Å². The molecule has 0 aliphatic carbocycles. The standard InChI is InChI=1S/C19H16N4O5S2/c24-16-15-13-10(3-5-22(15)19(27)28)11(14(17(25)26)23(13)16)7-29-18-21-12(8-30-18)9-2-1-4-20-6-9/h1-2,4,6,8,10,13,15H,3,5,7H2,(H,25,26)(H,27,28)/t10?,13-,15+/m1/s1. The van der Waals surface area contributed by atoms with Crippen LogP contribution in [-0.2, 0) is 9.59 Å². The number of piperidine rings is 1. The fourth-order valence-electron chi connectivity index (χ4n) is 4.51. The maximum atomic E-state index is 12.6. The zero-order chi connectivity index (χ0) is 21.0. The molecule has 3 aliphatic heterocycles. The largest absolute Gasteiger partial charge is 0.477 e. The van der Waals surface area contributed by atoms with E-state index in [-0.39, 0.29) is 18.2 Å². The maximum absolute atomic E-state index is 12.6. The Labute approximate surface area is 179 Å². The minimum atomic E-state index is -1.15. The minimum absolute atomic E-state index is 0.00928. The Hall–Kier alpha value is -2.92. The first-order valence-electron chi connectivity index (χ1n) is 9.25. The molecule has 2 aromatic rings. The van der Waals surface area contributed by atoms with Crippen molar-refractivity contribution in [2.75, 3.05) is 12.3 Å². The number of aromatic nitrogens is 2. The molecule has 2 N–H and O–H groups in total. The lowest BCUT2D eigenvalue weighted by molar-refractivity contribution is -0.161. The topological polar surface area (TPSA) is 124 Å². The molecule has 9 nitrogen and oxygen atoms in total. The normalized spacial score (nSPS) is 24.7. The first kappa shape index (κ1) is 19.1. The molecular formula is C19H16N4O5S2. The molecule has 2 amide bonds. The van der Waals surface area contributed by atoms with Crippen molar-refractivity contribution in [2.24, 2.45) is 5.92 Å². The summed E-state index contributed by atoms with van der Waals surface area (Å²) >= 11 is 2.91. The molecule has 3 atom stereocenters. The Kier molecular flexibility index (Phi) is 4.51. The van der Waals surface area contributed by atoms with Gasteiger partial charge in [0.05, 0.1) is 11.7 Å². The SMILES string of the molecule is O=C(O)C1=C(CSc2nc(-c3cccnc3)cs2)C2CCN(C(=O)O)[C@@H]3C(=O)N1[C@H]23. The van der Waals surface area contributed by atoms with Crippen LogP contribution >= 0.6 is 23.1 Å². The van der Waals surface area contributed by atoms with E-state index in [2.05, 4.69) is 9.97 Å². The molecule has 2 fully saturated rings. The fraction of sp³-hybridized carbons (Fsp3) is 0.316. The van der Waals surface area contributed by atoms with Crippen molar-refractivity contribution >= 4 is 41.1 Å². The number of nitrogens with zero attached hydrogens (tertiary/aromatic N) is 4. The van der Waals surface area contributed by atoms with E-state index in [4.69, 9.17) is 0 Å². The van der Waals surface area contributed by atoms with Crippen molar-refractivity contribution < 1.29 is 24.6 Å². The summed E-state index contributed by atoms with van der Waals surface area (Å²) in [5.74, 6) is -1.34. The number of hydrogen-bond donors (Lipinski definition) is 2. The number of carboxylic acid groups (broad SMARTS) is 2. The first-order valence-corrected chi connectivity index (χ1v) is 11.1. The Morgan fingerprint density at radius 2 is 2.17 bits per heavy atom. The third-order valence-corrected chi connectivity index (χ3v) is 7.84. The first-order chi connectivity index (χ1) is 14.5. The highest BCUT2D eigenvalue weighted by Gasteiger charge is 2.64. The second kappa shape index (κ2) is 7.10. The lowest BCUT2D eigenvalue weighted by Crippen LogP contribution is -2.73. The summed E-state index contributed by atoms with van der Waals surface area (Å²) in [7, 11) is 0. The summed E-state index contributed by atoms with van der Waals surface area (Å²) in [6.45, 7) is 0.226. The average molecular weight is 444 g/mol. The number of thioether (sulfide) groups is 1. The van der Waals surface area contributed by atoms with E-state index < -0.39 is 30.1 Å². The number of aliphatic carboxylic acids is 1. The summed E-state index contributed by atoms with van der Waals surface area (Å²) in [6, 6.07) is 2.57. The van der Waals surface area contributed by atoms with Crippen molar-refractivity contribution in [2.45, 2.75) is 22.8 Å². The molecule has 3 aliphatic rings. The van der Waals surface area contributed by atoms with Gasteiger partial charge in [-0.05, 0) is 24.1 Å². The highest BCUT2D eigenvalue weighted by Crippen LogP contribution is 2.50. The van der Waals surface area contributed by atoms with Crippen molar-refractivity contribution in [3.63, 3.8) is 0 Å². The molecule has 0 radical (unpaired) electrons. The van der Waals surface area contributed by atoms with Gasteiger partial charge in [0, 0.05) is 41.6 Å². The summed E-state index contributed by atoms with van der Waals surface area (Å²) in [4.78, 5) is 47.1. The van der Waals surface area contributed by atoms with Crippen LogP contribution < -0.4 is 0 Å². The van der Waals surface area contributed by atoms with E-state index in [1.807, 2.05) is 17.5 Å². The second-order valence-corrected chi connectivity index (χ2v) is 9.30. The van der Waals surface area contributed by atoms with Crippen LogP contribution in [0.2, 0.25) is 0 Å². The van der Waals surface area contributed by atoms with E-state index in [1.165, 1.54) is 28.0 Å². The van der Waals surface area contributed by atoms with Crippen molar-refractivity contribution in [3.05, 3.63) is 41.2 Å². The highest BCUT2D eigenvalue weighted by molar-refractivity contribution is 8.01. The number of hydrogen-bond acceptors (Lipinski definition) is 7. The van der Waals surface area contributed by atoms with E-state index in [0.717, 1.165) is 20.5 Å². The molecule has 2 saturated heterocycles. The molecule has 0 aromatic carbocycles. The molecule has 0 saturated carbocycles. The van der Waals surface area contributed by atoms with Crippen LogP contribution in [-0.4, -0.2) is 72.3 Å². The molecule has 0 bridgehead atoms. The lowest BCUT2D eigenvalue weighted by atomic mass is 9.78. The van der Waals surface area contributed by atoms with Gasteiger partial charge in [-0.3, -0.25) is 19.6 Å². The predicted octanol–water partition coefficient (Wildman–Crippen LogP) is 2.23. The number of pyridine rings is 1. The van der Waals surface area contributed by atoms with Gasteiger partial charge in [-0.2, -0.15) is 0 Å². The Morgan fingerprint density at radius 1 is 1.33 bits per heavy atom. The third kappa shape index (κ3) is 2.80.